The lowest BCUT2D eigenvalue weighted by molar-refractivity contribution is -0.166. The molecule has 2 saturated carbocycles. The maximum Gasteiger partial charge on any atom is 0.334 e. The van der Waals surface area contributed by atoms with E-state index in [4.69, 9.17) is 0 Å². The van der Waals surface area contributed by atoms with E-state index in [1.54, 1.807) is 12.2 Å². The van der Waals surface area contributed by atoms with Gasteiger partial charge < -0.3 is 30.6 Å². The molecule has 50 heavy (non-hydrogen) atoms. The van der Waals surface area contributed by atoms with E-state index in [1.807, 2.05) is 77.1 Å². The Hall–Kier alpha value is -3.37. The van der Waals surface area contributed by atoms with Crippen LogP contribution < -0.4 is 0 Å². The molecule has 10 unspecified atom stereocenters. The Morgan fingerprint density at radius 3 is 2.32 bits per heavy atom. The molecular weight excluding hydrogens is 636 g/mol. The van der Waals surface area contributed by atoms with Crippen molar-refractivity contribution in [1.82, 2.24) is 0 Å². The van der Waals surface area contributed by atoms with Crippen molar-refractivity contribution in [3.63, 3.8) is 0 Å². The first-order valence-electron chi connectivity index (χ1n) is 17.9. The molecule has 0 spiro atoms. The first-order chi connectivity index (χ1) is 23.3. The quantitative estimate of drug-likeness (QED) is 0.114. The molecular formula is C41H52O9. The van der Waals surface area contributed by atoms with E-state index in [0.717, 1.165) is 5.56 Å². The van der Waals surface area contributed by atoms with Gasteiger partial charge in [0, 0.05) is 47.2 Å². The zero-order chi connectivity index (χ0) is 36.8. The molecule has 9 nitrogen and oxygen atoms in total. The van der Waals surface area contributed by atoms with Gasteiger partial charge in [-0.1, -0.05) is 83.2 Å². The average molecular weight is 689 g/mol. The van der Waals surface area contributed by atoms with Crippen molar-refractivity contribution >= 4 is 23.6 Å². The number of hydrogen-bond acceptors (Lipinski definition) is 8. The van der Waals surface area contributed by atoms with Gasteiger partial charge in [-0.3, -0.25) is 9.59 Å². The largest absolute Gasteiger partial charge is 0.509 e. The third kappa shape index (κ3) is 4.69. The topological polar surface area (TPSA) is 173 Å². The van der Waals surface area contributed by atoms with Crippen LogP contribution in [0.2, 0.25) is 0 Å². The third-order valence-corrected chi connectivity index (χ3v) is 14.1. The highest BCUT2D eigenvalue weighted by Gasteiger charge is 2.79. The predicted molar refractivity (Wildman–Crippen MR) is 187 cm³/mol. The number of benzene rings is 1. The molecule has 1 aromatic rings. The maximum absolute atomic E-state index is 14.9. The van der Waals surface area contributed by atoms with E-state index in [-0.39, 0.29) is 55.9 Å². The number of aliphatic hydroxyl groups is 5. The summed E-state index contributed by atoms with van der Waals surface area (Å²) in [5, 5.41) is 68.1. The summed E-state index contributed by atoms with van der Waals surface area (Å²) >= 11 is 0. The number of hydrogen-bond donors (Lipinski definition) is 6. The zero-order valence-electron chi connectivity index (χ0n) is 29.9. The number of Topliss-reactive ketones (excluding diaryl/α,β-unsaturated/α-hetero) is 2. The summed E-state index contributed by atoms with van der Waals surface area (Å²) in [5.74, 6) is -4.06. The van der Waals surface area contributed by atoms with Crippen LogP contribution in [0.15, 0.2) is 71.0 Å². The molecule has 270 valence electrons. The van der Waals surface area contributed by atoms with Gasteiger partial charge in [-0.05, 0) is 73.0 Å². The number of rotatable bonds is 9. The van der Waals surface area contributed by atoms with Crippen molar-refractivity contribution in [1.29, 1.82) is 0 Å². The Balaban J connectivity index is 1.59. The van der Waals surface area contributed by atoms with Gasteiger partial charge in [0.1, 0.15) is 23.2 Å². The maximum atomic E-state index is 14.9. The molecule has 0 aliphatic heterocycles. The number of fused-ring (bicyclic) bond motifs is 2. The number of aliphatic hydroxyl groups excluding tert-OH is 3. The monoisotopic (exact) mass is 688 g/mol. The fourth-order valence-corrected chi connectivity index (χ4v) is 11.9. The Morgan fingerprint density at radius 2 is 1.70 bits per heavy atom. The lowest BCUT2D eigenvalue weighted by Gasteiger charge is -2.68. The molecule has 0 heterocycles. The second-order valence-electron chi connectivity index (χ2n) is 16.9. The average Bonchev–Trinajstić information content (AvgIpc) is 3.25. The van der Waals surface area contributed by atoms with Crippen molar-refractivity contribution in [3.8, 4) is 0 Å². The summed E-state index contributed by atoms with van der Waals surface area (Å²) in [6, 6.07) is 9.67. The van der Waals surface area contributed by atoms with E-state index in [9.17, 15) is 45.0 Å². The molecule has 6 rings (SSSR count). The molecule has 1 aromatic carbocycles. The lowest BCUT2D eigenvalue weighted by Crippen LogP contribution is -2.70. The summed E-state index contributed by atoms with van der Waals surface area (Å²) < 4.78 is 0. The van der Waals surface area contributed by atoms with E-state index in [2.05, 4.69) is 0 Å². The minimum atomic E-state index is -1.78. The fraction of sp³-hybridized carbons (Fsp3) is 0.585. The standard InChI is InChI=1S/C41H52O9/c1-23(20-28(43)32(46)24(2)35(47)48)27-21-39(49)16-17-40(50)26(13-12-25-10-8-7-9-11-25)33-36(3,4)30(45)14-15-37(33,5)31-29(44)22-38(27,6)41(39,18-19-42)34(31)40/h7-13,16-17,23,26-28,33,42-43,46,49-50H,14-15,18-22H2,1-6H3,(H,47,48). The fourth-order valence-electron chi connectivity index (χ4n) is 11.9. The summed E-state index contributed by atoms with van der Waals surface area (Å²) in [6.45, 7) is 10.5. The second-order valence-corrected chi connectivity index (χ2v) is 16.9. The highest BCUT2D eigenvalue weighted by Crippen LogP contribution is 2.79. The van der Waals surface area contributed by atoms with Crippen LogP contribution in [0.1, 0.15) is 85.6 Å². The number of carboxylic acid groups (broad SMARTS) is 1. The smallest absolute Gasteiger partial charge is 0.334 e. The number of carbonyl (C=O) groups excluding carboxylic acids is 2. The number of carboxylic acids is 1. The molecule has 0 radical (unpaired) electrons. The van der Waals surface area contributed by atoms with Crippen LogP contribution in [-0.2, 0) is 14.4 Å². The van der Waals surface area contributed by atoms with Crippen LogP contribution >= 0.6 is 0 Å². The summed E-state index contributed by atoms with van der Waals surface area (Å²) in [7, 11) is 0. The van der Waals surface area contributed by atoms with Crippen LogP contribution in [0, 0.1) is 45.3 Å². The van der Waals surface area contributed by atoms with E-state index in [1.165, 1.54) is 6.92 Å². The minimum Gasteiger partial charge on any atom is -0.509 e. The first-order valence-corrected chi connectivity index (χ1v) is 17.9. The molecule has 0 bridgehead atoms. The van der Waals surface area contributed by atoms with Crippen molar-refractivity contribution in [2.24, 2.45) is 45.3 Å². The highest BCUT2D eigenvalue weighted by molar-refractivity contribution is 6.02. The van der Waals surface area contributed by atoms with Gasteiger partial charge in [-0.25, -0.2) is 4.79 Å². The van der Waals surface area contributed by atoms with Crippen molar-refractivity contribution in [2.45, 2.75) is 97.4 Å². The minimum absolute atomic E-state index is 0.0142. The van der Waals surface area contributed by atoms with Crippen molar-refractivity contribution in [2.75, 3.05) is 6.61 Å². The first kappa shape index (κ1) is 36.4. The van der Waals surface area contributed by atoms with Crippen LogP contribution in [-0.4, -0.2) is 72.1 Å². The van der Waals surface area contributed by atoms with Crippen molar-refractivity contribution < 1.29 is 45.0 Å². The van der Waals surface area contributed by atoms with Crippen LogP contribution in [0.5, 0.6) is 0 Å². The number of ketones is 2. The van der Waals surface area contributed by atoms with Crippen LogP contribution in [0.4, 0.5) is 0 Å². The lowest BCUT2D eigenvalue weighted by atomic mass is 9.35. The molecule has 6 N–H and O–H groups in total. The Labute approximate surface area is 294 Å². The predicted octanol–water partition coefficient (Wildman–Crippen LogP) is 5.34. The van der Waals surface area contributed by atoms with E-state index >= 15 is 0 Å². The molecule has 5 aliphatic rings. The molecule has 10 atom stereocenters. The van der Waals surface area contributed by atoms with Crippen LogP contribution in [0.25, 0.3) is 6.08 Å². The van der Waals surface area contributed by atoms with E-state index < -0.39 is 74.4 Å². The summed E-state index contributed by atoms with van der Waals surface area (Å²) in [4.78, 5) is 40.2. The van der Waals surface area contributed by atoms with Crippen LogP contribution in [0.3, 0.4) is 0 Å². The summed E-state index contributed by atoms with van der Waals surface area (Å²) in [5.41, 5.74) is -5.96. The van der Waals surface area contributed by atoms with Gasteiger partial charge >= 0.3 is 5.97 Å². The normalized spacial score (nSPS) is 40.3. The summed E-state index contributed by atoms with van der Waals surface area (Å²) in [6.07, 6.45) is 6.58. The van der Waals surface area contributed by atoms with Gasteiger partial charge in [0.05, 0.1) is 11.2 Å². The molecule has 0 aromatic heterocycles. The molecule has 5 aliphatic carbocycles. The van der Waals surface area contributed by atoms with Crippen molar-refractivity contribution in [3.05, 3.63) is 76.6 Å². The second kappa shape index (κ2) is 11.8. The molecule has 2 fully saturated rings. The highest BCUT2D eigenvalue weighted by atomic mass is 16.4. The van der Waals surface area contributed by atoms with Gasteiger partial charge in [0.2, 0.25) is 0 Å². The Morgan fingerprint density at radius 1 is 1.04 bits per heavy atom. The molecule has 0 amide bonds. The zero-order valence-corrected chi connectivity index (χ0v) is 29.9. The Bertz CT molecular complexity index is 1740. The van der Waals surface area contributed by atoms with Gasteiger partial charge in [0.15, 0.2) is 5.78 Å². The number of allylic oxidation sites excluding steroid dienone is 1. The SMILES string of the molecule is CC(C(=O)O)=C(O)C(O)CC(C)C1CC2(O)C=CC3(O)C4=C(C(=O)CC1(C)C42CCO)C1(C)CCC(=O)C(C)(C)C1C3C=Cc1ccccc1. The number of aliphatic carboxylic acids is 1. The van der Waals surface area contributed by atoms with Gasteiger partial charge in [0.25, 0.3) is 0 Å². The van der Waals surface area contributed by atoms with Gasteiger partial charge in [-0.2, -0.15) is 0 Å². The number of carbonyl (C=O) groups is 3. The Kier molecular flexibility index (Phi) is 8.62. The molecule has 0 saturated heterocycles. The molecule has 9 heteroatoms. The van der Waals surface area contributed by atoms with Gasteiger partial charge in [-0.15, -0.1) is 0 Å². The van der Waals surface area contributed by atoms with E-state index in [0.29, 0.717) is 17.6 Å². The third-order valence-electron chi connectivity index (χ3n) is 14.1.